The van der Waals surface area contributed by atoms with E-state index in [1.807, 2.05) is 6.07 Å². The highest BCUT2D eigenvalue weighted by Crippen LogP contribution is 2.32. The van der Waals surface area contributed by atoms with Crippen LogP contribution in [0.4, 0.5) is 0 Å². The van der Waals surface area contributed by atoms with E-state index in [1.165, 1.54) is 5.56 Å². The van der Waals surface area contributed by atoms with Gasteiger partial charge < -0.3 is 5.11 Å². The maximum atomic E-state index is 10.7. The van der Waals surface area contributed by atoms with E-state index >= 15 is 0 Å². The fourth-order valence-corrected chi connectivity index (χ4v) is 3.71. The number of aliphatic hydroxyl groups excluding tert-OH is 1. The van der Waals surface area contributed by atoms with Crippen molar-refractivity contribution in [2.24, 2.45) is 0 Å². The molecule has 2 atom stereocenters. The monoisotopic (exact) mass is 300 g/mol. The number of aliphatic hydroxyl groups is 1. The van der Waals surface area contributed by atoms with Crippen molar-refractivity contribution in [2.75, 3.05) is 0 Å². The van der Waals surface area contributed by atoms with Crippen molar-refractivity contribution >= 4 is 16.3 Å². The molecule has 21 heavy (non-hydrogen) atoms. The summed E-state index contributed by atoms with van der Waals surface area (Å²) in [5.41, 5.74) is 3.33. The van der Waals surface area contributed by atoms with Crippen molar-refractivity contribution in [2.45, 2.75) is 38.7 Å². The van der Waals surface area contributed by atoms with Gasteiger partial charge in [0.15, 0.2) is 4.96 Å². The predicted molar refractivity (Wildman–Crippen MR) is 86.9 cm³/mol. The number of nitrogens with zero attached hydrogens (tertiary/aromatic N) is 2. The fourth-order valence-electron chi connectivity index (χ4n) is 2.86. The van der Waals surface area contributed by atoms with Crippen LogP contribution in [-0.2, 0) is 0 Å². The van der Waals surface area contributed by atoms with Gasteiger partial charge >= 0.3 is 0 Å². The molecule has 2 unspecified atom stereocenters. The lowest BCUT2D eigenvalue weighted by atomic mass is 9.90. The minimum atomic E-state index is -0.488. The zero-order valence-electron chi connectivity index (χ0n) is 12.4. The molecular formula is C17H20N2OS. The molecule has 0 saturated carbocycles. The molecule has 3 nitrogen and oxygen atoms in total. The third-order valence-electron chi connectivity index (χ3n) is 4.06. The van der Waals surface area contributed by atoms with E-state index in [0.717, 1.165) is 29.2 Å². The number of imidazole rings is 1. The first-order valence-corrected chi connectivity index (χ1v) is 8.23. The molecule has 0 aliphatic carbocycles. The maximum absolute atomic E-state index is 10.7. The van der Waals surface area contributed by atoms with E-state index in [4.69, 9.17) is 0 Å². The number of aromatic nitrogens is 2. The quantitative estimate of drug-likeness (QED) is 0.762. The summed E-state index contributed by atoms with van der Waals surface area (Å²) in [6, 6.07) is 10.4. The van der Waals surface area contributed by atoms with Gasteiger partial charge in [0.2, 0.25) is 0 Å². The van der Waals surface area contributed by atoms with Crippen molar-refractivity contribution in [3.8, 4) is 0 Å². The summed E-state index contributed by atoms with van der Waals surface area (Å²) in [7, 11) is 0. The Morgan fingerprint density at radius 3 is 2.76 bits per heavy atom. The van der Waals surface area contributed by atoms with Gasteiger partial charge in [-0.1, -0.05) is 37.3 Å². The van der Waals surface area contributed by atoms with Gasteiger partial charge in [0.05, 0.1) is 18.0 Å². The Kier molecular flexibility index (Phi) is 4.08. The minimum absolute atomic E-state index is 0.366. The van der Waals surface area contributed by atoms with Gasteiger partial charge in [0.25, 0.3) is 0 Å². The van der Waals surface area contributed by atoms with Crippen molar-refractivity contribution in [3.05, 3.63) is 58.9 Å². The number of benzene rings is 1. The molecule has 3 rings (SSSR count). The van der Waals surface area contributed by atoms with Crippen LogP contribution in [0, 0.1) is 6.92 Å². The van der Waals surface area contributed by atoms with E-state index < -0.39 is 6.10 Å². The van der Waals surface area contributed by atoms with Crippen LogP contribution in [0.2, 0.25) is 0 Å². The van der Waals surface area contributed by atoms with Crippen molar-refractivity contribution in [1.82, 2.24) is 9.38 Å². The summed E-state index contributed by atoms with van der Waals surface area (Å²) in [5.74, 6) is 0.366. The first-order valence-electron chi connectivity index (χ1n) is 7.35. The Hall–Kier alpha value is -1.65. The number of aryl methyl sites for hydroxylation is 1. The van der Waals surface area contributed by atoms with E-state index in [-0.39, 0.29) is 0 Å². The first kappa shape index (κ1) is 14.3. The number of hydrogen-bond acceptors (Lipinski definition) is 3. The van der Waals surface area contributed by atoms with Gasteiger partial charge in [0.1, 0.15) is 0 Å². The SMILES string of the molecule is CCC(CC(O)c1cnc2scc(C)n12)c1ccccc1. The van der Waals surface area contributed by atoms with Crippen LogP contribution in [0.15, 0.2) is 41.9 Å². The highest BCUT2D eigenvalue weighted by molar-refractivity contribution is 7.15. The van der Waals surface area contributed by atoms with Crippen LogP contribution in [0.5, 0.6) is 0 Å². The fraction of sp³-hybridized carbons (Fsp3) is 0.353. The molecular weight excluding hydrogens is 280 g/mol. The lowest BCUT2D eigenvalue weighted by molar-refractivity contribution is 0.151. The second-order valence-electron chi connectivity index (χ2n) is 5.45. The molecule has 0 radical (unpaired) electrons. The van der Waals surface area contributed by atoms with E-state index in [1.54, 1.807) is 17.5 Å². The average molecular weight is 300 g/mol. The molecule has 0 saturated heterocycles. The molecule has 0 aliphatic heterocycles. The van der Waals surface area contributed by atoms with Gasteiger partial charge in [-0.15, -0.1) is 11.3 Å². The second-order valence-corrected chi connectivity index (χ2v) is 6.28. The number of thiazole rings is 1. The summed E-state index contributed by atoms with van der Waals surface area (Å²) in [4.78, 5) is 5.34. The molecule has 1 aromatic carbocycles. The average Bonchev–Trinajstić information content (AvgIpc) is 3.09. The molecule has 1 N–H and O–H groups in total. The lowest BCUT2D eigenvalue weighted by Gasteiger charge is -2.19. The van der Waals surface area contributed by atoms with Crippen molar-refractivity contribution in [1.29, 1.82) is 0 Å². The Morgan fingerprint density at radius 2 is 2.05 bits per heavy atom. The third kappa shape index (κ3) is 2.74. The molecule has 2 heterocycles. The molecule has 4 heteroatoms. The van der Waals surface area contributed by atoms with Gasteiger partial charge in [-0.25, -0.2) is 4.98 Å². The molecule has 0 amide bonds. The molecule has 2 aromatic heterocycles. The highest BCUT2D eigenvalue weighted by Gasteiger charge is 2.20. The molecule has 0 aliphatic rings. The van der Waals surface area contributed by atoms with Crippen molar-refractivity contribution < 1.29 is 5.11 Å². The van der Waals surface area contributed by atoms with Crippen LogP contribution in [0.1, 0.15) is 48.7 Å². The van der Waals surface area contributed by atoms with Gasteiger partial charge in [-0.2, -0.15) is 0 Å². The number of hydrogen-bond donors (Lipinski definition) is 1. The van der Waals surface area contributed by atoms with E-state index in [2.05, 4.69) is 52.9 Å². The van der Waals surface area contributed by atoms with E-state index in [0.29, 0.717) is 5.92 Å². The van der Waals surface area contributed by atoms with Crippen LogP contribution >= 0.6 is 11.3 Å². The summed E-state index contributed by atoms with van der Waals surface area (Å²) < 4.78 is 2.06. The number of fused-ring (bicyclic) bond motifs is 1. The van der Waals surface area contributed by atoms with Crippen molar-refractivity contribution in [3.63, 3.8) is 0 Å². The molecule has 110 valence electrons. The molecule has 0 fully saturated rings. The zero-order chi connectivity index (χ0) is 14.8. The molecule has 3 aromatic rings. The predicted octanol–water partition coefficient (Wildman–Crippen LogP) is 4.32. The zero-order valence-corrected chi connectivity index (χ0v) is 13.2. The normalized spacial score (nSPS) is 14.4. The lowest BCUT2D eigenvalue weighted by Crippen LogP contribution is -2.08. The number of rotatable bonds is 5. The van der Waals surface area contributed by atoms with Crippen LogP contribution in [0.3, 0.4) is 0 Å². The Morgan fingerprint density at radius 1 is 1.29 bits per heavy atom. The summed E-state index contributed by atoms with van der Waals surface area (Å²) in [6.45, 7) is 4.22. The van der Waals surface area contributed by atoms with Gasteiger partial charge in [-0.3, -0.25) is 4.40 Å². The molecule has 0 bridgehead atoms. The molecule has 0 spiro atoms. The Balaban J connectivity index is 1.85. The summed E-state index contributed by atoms with van der Waals surface area (Å²) in [6.07, 6.45) is 3.06. The van der Waals surface area contributed by atoms with E-state index in [9.17, 15) is 5.11 Å². The Labute approximate surface area is 128 Å². The van der Waals surface area contributed by atoms with Gasteiger partial charge in [0, 0.05) is 11.1 Å². The van der Waals surface area contributed by atoms with Crippen LogP contribution in [0.25, 0.3) is 4.96 Å². The highest BCUT2D eigenvalue weighted by atomic mass is 32.1. The summed E-state index contributed by atoms with van der Waals surface area (Å²) in [5, 5.41) is 12.7. The standard InChI is InChI=1S/C17H20N2OS/c1-3-13(14-7-5-4-6-8-14)9-16(20)15-10-18-17-19(15)12(2)11-21-17/h4-8,10-11,13,16,20H,3,9H2,1-2H3. The van der Waals surface area contributed by atoms with Crippen LogP contribution in [-0.4, -0.2) is 14.5 Å². The minimum Gasteiger partial charge on any atom is -0.387 e. The second kappa shape index (κ2) is 6.00. The Bertz CT molecular complexity index is 717. The maximum Gasteiger partial charge on any atom is 0.194 e. The topological polar surface area (TPSA) is 37.5 Å². The van der Waals surface area contributed by atoms with Crippen LogP contribution < -0.4 is 0 Å². The smallest absolute Gasteiger partial charge is 0.194 e. The third-order valence-corrected chi connectivity index (χ3v) is 5.02. The first-order chi connectivity index (χ1) is 10.2. The summed E-state index contributed by atoms with van der Waals surface area (Å²) >= 11 is 1.61. The van der Waals surface area contributed by atoms with Gasteiger partial charge in [-0.05, 0) is 31.2 Å². The largest absolute Gasteiger partial charge is 0.387 e.